The summed E-state index contributed by atoms with van der Waals surface area (Å²) >= 11 is 3.57. The molecule has 0 aliphatic carbocycles. The molecule has 0 amide bonds. The molecule has 1 aromatic carbocycles. The van der Waals surface area contributed by atoms with Gasteiger partial charge in [-0.25, -0.2) is 0 Å². The third kappa shape index (κ3) is 2.99. The molecule has 1 aromatic rings. The first-order valence-electron chi connectivity index (χ1n) is 7.95. The number of ether oxygens (including phenoxy) is 1. The lowest BCUT2D eigenvalue weighted by atomic mass is 9.85. The molecule has 3 atom stereocenters. The summed E-state index contributed by atoms with van der Waals surface area (Å²) in [5, 5.41) is 3.71. The Morgan fingerprint density at radius 3 is 2.90 bits per heavy atom. The fourth-order valence-electron chi connectivity index (χ4n) is 3.73. The smallest absolute Gasteiger partial charge is 0.126 e. The molecule has 1 spiro atoms. The number of likely N-dealkylation sites (tertiary alicyclic amines) is 1. The molecule has 3 rings (SSSR count). The molecule has 1 saturated heterocycles. The SMILES string of the molecule is CCCNC1CC2(CC(C)N(C)C2)Oc2cc(Br)ccc21. The van der Waals surface area contributed by atoms with Crippen LogP contribution in [0.25, 0.3) is 0 Å². The summed E-state index contributed by atoms with van der Waals surface area (Å²) < 4.78 is 7.59. The molecule has 0 radical (unpaired) electrons. The number of nitrogens with one attached hydrogen (secondary N) is 1. The van der Waals surface area contributed by atoms with E-state index in [-0.39, 0.29) is 5.60 Å². The summed E-state index contributed by atoms with van der Waals surface area (Å²) in [6, 6.07) is 7.43. The van der Waals surface area contributed by atoms with E-state index in [1.807, 2.05) is 0 Å². The minimum atomic E-state index is -0.0344. The van der Waals surface area contributed by atoms with E-state index in [2.05, 4.69) is 65.2 Å². The van der Waals surface area contributed by atoms with Gasteiger partial charge in [-0.1, -0.05) is 28.9 Å². The van der Waals surface area contributed by atoms with E-state index >= 15 is 0 Å². The number of fused-ring (bicyclic) bond motifs is 1. The van der Waals surface area contributed by atoms with Gasteiger partial charge in [0.05, 0.1) is 0 Å². The van der Waals surface area contributed by atoms with Gasteiger partial charge in [0.15, 0.2) is 0 Å². The summed E-state index contributed by atoms with van der Waals surface area (Å²) in [6.45, 7) is 6.59. The maximum atomic E-state index is 6.50. The molecule has 2 aliphatic rings. The molecule has 21 heavy (non-hydrogen) atoms. The highest BCUT2D eigenvalue weighted by atomic mass is 79.9. The van der Waals surface area contributed by atoms with E-state index in [0.717, 1.165) is 42.6 Å². The van der Waals surface area contributed by atoms with Crippen molar-refractivity contribution in [3.63, 3.8) is 0 Å². The Hall–Kier alpha value is -0.580. The van der Waals surface area contributed by atoms with Crippen molar-refractivity contribution in [1.82, 2.24) is 10.2 Å². The van der Waals surface area contributed by atoms with Gasteiger partial charge in [0.2, 0.25) is 0 Å². The quantitative estimate of drug-likeness (QED) is 0.896. The highest BCUT2D eigenvalue weighted by Crippen LogP contribution is 2.45. The van der Waals surface area contributed by atoms with E-state index < -0.39 is 0 Å². The molecule has 0 saturated carbocycles. The van der Waals surface area contributed by atoms with Crippen molar-refractivity contribution < 1.29 is 4.74 Å². The second-order valence-corrected chi connectivity index (χ2v) is 7.56. The van der Waals surface area contributed by atoms with Gasteiger partial charge < -0.3 is 10.1 Å². The van der Waals surface area contributed by atoms with Gasteiger partial charge in [0.25, 0.3) is 0 Å². The molecule has 2 heterocycles. The Balaban J connectivity index is 1.92. The van der Waals surface area contributed by atoms with Crippen molar-refractivity contribution in [2.24, 2.45) is 0 Å². The predicted octanol–water partition coefficient (Wildman–Crippen LogP) is 3.74. The van der Waals surface area contributed by atoms with Gasteiger partial charge in [-0.15, -0.1) is 0 Å². The van der Waals surface area contributed by atoms with Crippen LogP contribution in [-0.4, -0.2) is 36.7 Å². The molecule has 1 N–H and O–H groups in total. The van der Waals surface area contributed by atoms with Crippen LogP contribution >= 0.6 is 15.9 Å². The van der Waals surface area contributed by atoms with Crippen LogP contribution in [0.3, 0.4) is 0 Å². The molecule has 116 valence electrons. The van der Waals surface area contributed by atoms with Crippen molar-refractivity contribution in [2.45, 2.75) is 50.8 Å². The van der Waals surface area contributed by atoms with Crippen LogP contribution in [0, 0.1) is 0 Å². The second-order valence-electron chi connectivity index (χ2n) is 6.65. The standard InChI is InChI=1S/C17H25BrN2O/c1-4-7-19-15-10-17(9-12(2)20(3)11-17)21-16-8-13(18)5-6-14(15)16/h5-6,8,12,15,19H,4,7,9-11H2,1-3H3. The minimum Gasteiger partial charge on any atom is -0.485 e. The first-order chi connectivity index (χ1) is 10.0. The first kappa shape index (κ1) is 15.3. The van der Waals surface area contributed by atoms with E-state index in [1.165, 1.54) is 5.56 Å². The zero-order valence-corrected chi connectivity index (χ0v) is 14.7. The van der Waals surface area contributed by atoms with E-state index in [0.29, 0.717) is 12.1 Å². The Bertz CT molecular complexity index is 510. The van der Waals surface area contributed by atoms with Gasteiger partial charge in [0.1, 0.15) is 11.4 Å². The fourth-order valence-corrected chi connectivity index (χ4v) is 4.07. The van der Waals surface area contributed by atoms with Crippen LogP contribution in [0.5, 0.6) is 5.75 Å². The van der Waals surface area contributed by atoms with Crippen LogP contribution in [0.15, 0.2) is 22.7 Å². The van der Waals surface area contributed by atoms with Crippen molar-refractivity contribution in [2.75, 3.05) is 20.1 Å². The Morgan fingerprint density at radius 1 is 1.43 bits per heavy atom. The average molecular weight is 353 g/mol. The number of halogens is 1. The number of benzene rings is 1. The Labute approximate surface area is 136 Å². The molecule has 3 nitrogen and oxygen atoms in total. The minimum absolute atomic E-state index is 0.0344. The number of likely N-dealkylation sites (N-methyl/N-ethyl adjacent to an activating group) is 1. The number of rotatable bonds is 3. The third-order valence-corrected chi connectivity index (χ3v) is 5.35. The molecular formula is C17H25BrN2O. The van der Waals surface area contributed by atoms with Crippen LogP contribution in [0.4, 0.5) is 0 Å². The monoisotopic (exact) mass is 352 g/mol. The van der Waals surface area contributed by atoms with Crippen molar-refractivity contribution >= 4 is 15.9 Å². The number of hydrogen-bond acceptors (Lipinski definition) is 3. The summed E-state index contributed by atoms with van der Waals surface area (Å²) in [7, 11) is 2.20. The summed E-state index contributed by atoms with van der Waals surface area (Å²) in [5.74, 6) is 1.05. The lowest BCUT2D eigenvalue weighted by Crippen LogP contribution is -2.46. The van der Waals surface area contributed by atoms with Gasteiger partial charge >= 0.3 is 0 Å². The van der Waals surface area contributed by atoms with E-state index in [1.54, 1.807) is 0 Å². The lowest BCUT2D eigenvalue weighted by Gasteiger charge is -2.40. The maximum absolute atomic E-state index is 6.50. The van der Waals surface area contributed by atoms with Crippen LogP contribution in [0.2, 0.25) is 0 Å². The summed E-state index contributed by atoms with van der Waals surface area (Å²) in [5.41, 5.74) is 1.27. The van der Waals surface area contributed by atoms with E-state index in [9.17, 15) is 0 Å². The van der Waals surface area contributed by atoms with Crippen LogP contribution in [-0.2, 0) is 0 Å². The molecule has 3 unspecified atom stereocenters. The zero-order chi connectivity index (χ0) is 15.0. The summed E-state index contributed by atoms with van der Waals surface area (Å²) in [6.07, 6.45) is 3.34. The zero-order valence-electron chi connectivity index (χ0n) is 13.2. The topological polar surface area (TPSA) is 24.5 Å². The first-order valence-corrected chi connectivity index (χ1v) is 8.74. The van der Waals surface area contributed by atoms with Gasteiger partial charge in [-0.3, -0.25) is 4.90 Å². The Kier molecular flexibility index (Phi) is 4.30. The van der Waals surface area contributed by atoms with Gasteiger partial charge in [-0.05, 0) is 39.1 Å². The normalized spacial score (nSPS) is 32.2. The highest BCUT2D eigenvalue weighted by Gasteiger charge is 2.47. The molecule has 2 aliphatic heterocycles. The average Bonchev–Trinajstić information content (AvgIpc) is 2.69. The highest BCUT2D eigenvalue weighted by molar-refractivity contribution is 9.10. The van der Waals surface area contributed by atoms with Gasteiger partial charge in [-0.2, -0.15) is 0 Å². The van der Waals surface area contributed by atoms with Crippen molar-refractivity contribution in [1.29, 1.82) is 0 Å². The summed E-state index contributed by atoms with van der Waals surface area (Å²) in [4.78, 5) is 2.42. The molecule has 4 heteroatoms. The van der Waals surface area contributed by atoms with Crippen molar-refractivity contribution in [3.8, 4) is 5.75 Å². The molecular weight excluding hydrogens is 328 g/mol. The molecule has 1 fully saturated rings. The van der Waals surface area contributed by atoms with Gasteiger partial charge in [0, 0.05) is 41.5 Å². The largest absolute Gasteiger partial charge is 0.485 e. The number of nitrogens with zero attached hydrogens (tertiary/aromatic N) is 1. The third-order valence-electron chi connectivity index (χ3n) is 4.85. The maximum Gasteiger partial charge on any atom is 0.126 e. The lowest BCUT2D eigenvalue weighted by molar-refractivity contribution is 0.0404. The van der Waals surface area contributed by atoms with Crippen LogP contribution in [0.1, 0.15) is 44.7 Å². The van der Waals surface area contributed by atoms with Crippen LogP contribution < -0.4 is 10.1 Å². The fraction of sp³-hybridized carbons (Fsp3) is 0.647. The van der Waals surface area contributed by atoms with Crippen molar-refractivity contribution in [3.05, 3.63) is 28.2 Å². The van der Waals surface area contributed by atoms with E-state index in [4.69, 9.17) is 4.74 Å². The predicted molar refractivity (Wildman–Crippen MR) is 89.9 cm³/mol. The molecule has 0 bridgehead atoms. The molecule has 0 aromatic heterocycles. The Morgan fingerprint density at radius 2 is 2.24 bits per heavy atom. The second kappa shape index (κ2) is 5.90. The number of hydrogen-bond donors (Lipinski definition) is 1.